The van der Waals surface area contributed by atoms with Crippen molar-refractivity contribution in [3.63, 3.8) is 0 Å². The molecule has 0 atom stereocenters. The molecule has 2 N–H and O–H groups in total. The van der Waals surface area contributed by atoms with Gasteiger partial charge in [0.25, 0.3) is 0 Å². The molecule has 0 aromatic heterocycles. The van der Waals surface area contributed by atoms with Gasteiger partial charge in [0.15, 0.2) is 0 Å². The van der Waals surface area contributed by atoms with E-state index < -0.39 is 0 Å². The van der Waals surface area contributed by atoms with Crippen LogP contribution in [-0.4, -0.2) is 51.0 Å². The second-order valence-corrected chi connectivity index (χ2v) is 0. The summed E-state index contributed by atoms with van der Waals surface area (Å²) in [6, 6.07) is 0. The first-order valence-electron chi connectivity index (χ1n) is 0. The predicted octanol–water partition coefficient (Wildman–Crippen LogP) is -1.21. The minimum absolute atomic E-state index is 0. The van der Waals surface area contributed by atoms with Gasteiger partial charge in [0.2, 0.25) is 0 Å². The Bertz CT molecular complexity index is 8.00. The monoisotopic (exact) mass is 348 g/mol. The molecule has 4 heavy (non-hydrogen) atoms. The zero-order valence-corrected chi connectivity index (χ0v) is 10.4. The molecule has 0 aliphatic rings. The third-order valence-corrected chi connectivity index (χ3v) is 0. The first kappa shape index (κ1) is 26.1. The van der Waals surface area contributed by atoms with Crippen molar-refractivity contribution in [3.8, 4) is 0 Å². The maximum absolute atomic E-state index is 0. The minimum Gasteiger partial charge on any atom is -0.412 e. The Morgan fingerprint density at radius 2 is 1.00 bits per heavy atom. The van der Waals surface area contributed by atoms with Gasteiger partial charge in [-0.25, -0.2) is 0 Å². The van der Waals surface area contributed by atoms with Crippen LogP contribution in [0.1, 0.15) is 0 Å². The quantitative estimate of drug-likeness (QED) is 0.493. The standard InChI is InChI=1S/Ce.H2O.Ru.Sr/h;1H2;;. The summed E-state index contributed by atoms with van der Waals surface area (Å²) in [5.74, 6) is 0. The fraction of sp³-hybridized carbons (Fsp3) is 0. The number of rotatable bonds is 0. The van der Waals surface area contributed by atoms with Gasteiger partial charge in [0.05, 0.1) is 0 Å². The smallest absolute Gasteiger partial charge is 0 e. The van der Waals surface area contributed by atoms with Gasteiger partial charge in [-0.2, -0.15) is 0 Å². The topological polar surface area (TPSA) is 31.5 Å². The first-order valence-corrected chi connectivity index (χ1v) is 0. The molecular weight excluding hydrogens is 345 g/mol. The van der Waals surface area contributed by atoms with E-state index in [0.717, 1.165) is 0 Å². The maximum atomic E-state index is 0. The molecule has 2 radical (unpaired) electrons. The summed E-state index contributed by atoms with van der Waals surface area (Å²) in [6.45, 7) is 0. The Kier molecular flexibility index (Phi) is 105. The van der Waals surface area contributed by atoms with E-state index in [1.54, 1.807) is 0 Å². The van der Waals surface area contributed by atoms with Gasteiger partial charge in [0.1, 0.15) is 0 Å². The average Bonchev–Trinajstić information content (AvgIpc) is 0. The van der Waals surface area contributed by atoms with E-state index in [-0.39, 0.29) is 112 Å². The van der Waals surface area contributed by atoms with Crippen molar-refractivity contribution in [3.05, 3.63) is 0 Å². The van der Waals surface area contributed by atoms with Gasteiger partial charge < -0.3 is 5.48 Å². The van der Waals surface area contributed by atoms with E-state index in [0.29, 0.717) is 0 Å². The van der Waals surface area contributed by atoms with Crippen molar-refractivity contribution in [2.45, 2.75) is 0 Å². The molecule has 22 valence electrons. The molecule has 0 saturated heterocycles. The van der Waals surface area contributed by atoms with Crippen LogP contribution in [0.4, 0.5) is 0 Å². The van der Waals surface area contributed by atoms with Gasteiger partial charge in [-0.1, -0.05) is 0 Å². The molecule has 0 spiro atoms. The molecule has 0 aromatic rings. The second-order valence-electron chi connectivity index (χ2n) is 0. The normalized spacial score (nSPS) is 0. The van der Waals surface area contributed by atoms with Crippen LogP contribution in [0.5, 0.6) is 0 Å². The Morgan fingerprint density at radius 3 is 1.00 bits per heavy atom. The molecule has 0 fully saturated rings. The minimum atomic E-state index is 0. The molecule has 0 aliphatic heterocycles. The summed E-state index contributed by atoms with van der Waals surface area (Å²) < 4.78 is 0. The van der Waals surface area contributed by atoms with E-state index in [1.807, 2.05) is 0 Å². The van der Waals surface area contributed by atoms with Crippen LogP contribution in [-0.2, 0) is 19.5 Å². The summed E-state index contributed by atoms with van der Waals surface area (Å²) in [6.07, 6.45) is 0. The fourth-order valence-electron chi connectivity index (χ4n) is 0. The van der Waals surface area contributed by atoms with E-state index in [1.165, 1.54) is 0 Å². The number of hydrogen-bond donors (Lipinski definition) is 0. The predicted molar refractivity (Wildman–Crippen MR) is 9.37 cm³/mol. The van der Waals surface area contributed by atoms with E-state index in [9.17, 15) is 0 Å². The van der Waals surface area contributed by atoms with E-state index in [4.69, 9.17) is 0 Å². The molecule has 0 unspecified atom stereocenters. The Morgan fingerprint density at radius 1 is 1.00 bits per heavy atom. The van der Waals surface area contributed by atoms with Crippen LogP contribution in [0, 0.1) is 41.7 Å². The van der Waals surface area contributed by atoms with Gasteiger partial charge >= 0.3 is 0 Å². The summed E-state index contributed by atoms with van der Waals surface area (Å²) in [7, 11) is 0. The van der Waals surface area contributed by atoms with Crippen LogP contribution in [0.2, 0.25) is 0 Å². The van der Waals surface area contributed by atoms with Crippen LogP contribution < -0.4 is 0 Å². The van der Waals surface area contributed by atoms with Crippen LogP contribution in [0.3, 0.4) is 0 Å². The molecule has 0 amide bonds. The molecular formula is H2CeORuSr. The number of hydrogen-bond acceptors (Lipinski definition) is 0. The van der Waals surface area contributed by atoms with Crippen LogP contribution in [0.15, 0.2) is 0 Å². The van der Waals surface area contributed by atoms with E-state index in [2.05, 4.69) is 0 Å². The van der Waals surface area contributed by atoms with Crippen molar-refractivity contribution < 1.29 is 66.7 Å². The molecule has 4 heteroatoms. The van der Waals surface area contributed by atoms with Crippen molar-refractivity contribution in [1.29, 1.82) is 0 Å². The SMILES string of the molecule is O.[Ce].[Ru].[Sr]. The molecule has 1 nitrogen and oxygen atoms in total. The van der Waals surface area contributed by atoms with Crippen molar-refractivity contribution in [1.82, 2.24) is 0 Å². The van der Waals surface area contributed by atoms with E-state index >= 15 is 0 Å². The second kappa shape index (κ2) is 16.1. The maximum Gasteiger partial charge on any atom is 0 e. The molecule has 0 heterocycles. The fourth-order valence-corrected chi connectivity index (χ4v) is 0. The van der Waals surface area contributed by atoms with Crippen molar-refractivity contribution in [2.75, 3.05) is 0 Å². The summed E-state index contributed by atoms with van der Waals surface area (Å²) in [4.78, 5) is 0. The third kappa shape index (κ3) is 9.06. The van der Waals surface area contributed by atoms with Crippen LogP contribution >= 0.6 is 0 Å². The Hall–Kier alpha value is 3.44. The van der Waals surface area contributed by atoms with Crippen LogP contribution in [0.25, 0.3) is 0 Å². The van der Waals surface area contributed by atoms with Crippen molar-refractivity contribution in [2.24, 2.45) is 0 Å². The summed E-state index contributed by atoms with van der Waals surface area (Å²) >= 11 is 0. The largest absolute Gasteiger partial charge is 0.412 e. The zero-order valence-electron chi connectivity index (χ0n) is 2.06. The summed E-state index contributed by atoms with van der Waals surface area (Å²) in [5, 5.41) is 0. The van der Waals surface area contributed by atoms with Gasteiger partial charge in [-0.15, -0.1) is 0 Å². The molecule has 0 aliphatic carbocycles. The third-order valence-electron chi connectivity index (χ3n) is 0. The average molecular weight is 347 g/mol. The Balaban J connectivity index is 0. The van der Waals surface area contributed by atoms with Crippen molar-refractivity contribution >= 4 is 45.5 Å². The molecule has 0 aromatic carbocycles. The van der Waals surface area contributed by atoms with Gasteiger partial charge in [0, 0.05) is 107 Å². The molecule has 0 bridgehead atoms. The summed E-state index contributed by atoms with van der Waals surface area (Å²) in [5.41, 5.74) is 0. The Labute approximate surface area is 109 Å². The molecule has 0 rings (SSSR count). The first-order chi connectivity index (χ1) is 0. The van der Waals surface area contributed by atoms with Gasteiger partial charge in [-0.05, 0) is 0 Å². The van der Waals surface area contributed by atoms with Gasteiger partial charge in [-0.3, -0.25) is 0 Å². The zero-order chi connectivity index (χ0) is 0. The molecule has 0 saturated carbocycles.